The van der Waals surface area contributed by atoms with E-state index in [2.05, 4.69) is 5.32 Å². The Morgan fingerprint density at radius 2 is 2.00 bits per heavy atom. The van der Waals surface area contributed by atoms with E-state index in [1.54, 1.807) is 19.1 Å². The number of benzene rings is 2. The van der Waals surface area contributed by atoms with Gasteiger partial charge in [-0.2, -0.15) is 0 Å². The number of carbonyl (C=O) groups excluding carboxylic acids is 1. The fourth-order valence-electron chi connectivity index (χ4n) is 3.04. The first-order valence-electron chi connectivity index (χ1n) is 9.10. The average molecular weight is 399 g/mol. The molecule has 0 aliphatic carbocycles. The summed E-state index contributed by atoms with van der Waals surface area (Å²) in [4.78, 5) is 34.4. The Morgan fingerprint density at radius 3 is 2.69 bits per heavy atom. The maximum absolute atomic E-state index is 12.1. The Hall–Kier alpha value is -3.46. The number of hydrogen-bond donors (Lipinski definition) is 2. The first-order chi connectivity index (χ1) is 13.8. The smallest absolute Gasteiger partial charge is 0.407 e. The molecule has 0 saturated heterocycles. The Morgan fingerprint density at radius 1 is 1.28 bits per heavy atom. The molecule has 1 aromatic heterocycles. The quantitative estimate of drug-likeness (QED) is 0.442. The second-order valence-electron chi connectivity index (χ2n) is 6.95. The largest absolute Gasteiger partial charge is 0.419 e. The topological polar surface area (TPSA) is 128 Å². The SMILES string of the molecule is C[C@@](O)(CNC(=O)CCCn1c(=O)oc2cc([N+](=O)[O-])ccc21)c1ccccc1. The number of nitrogens with zero attached hydrogens (tertiary/aromatic N) is 2. The highest BCUT2D eigenvalue weighted by Crippen LogP contribution is 2.21. The number of aromatic nitrogens is 1. The van der Waals surface area contributed by atoms with Gasteiger partial charge in [0.05, 0.1) is 23.1 Å². The lowest BCUT2D eigenvalue weighted by Crippen LogP contribution is -2.38. The van der Waals surface area contributed by atoms with E-state index in [-0.39, 0.29) is 36.7 Å². The van der Waals surface area contributed by atoms with Gasteiger partial charge in [-0.3, -0.25) is 19.5 Å². The number of hydrogen-bond acceptors (Lipinski definition) is 6. The molecule has 0 spiro atoms. The van der Waals surface area contributed by atoms with E-state index in [4.69, 9.17) is 4.42 Å². The summed E-state index contributed by atoms with van der Waals surface area (Å²) in [5.41, 5.74) is -0.0850. The number of oxazole rings is 1. The summed E-state index contributed by atoms with van der Waals surface area (Å²) in [6, 6.07) is 13.0. The summed E-state index contributed by atoms with van der Waals surface area (Å²) >= 11 is 0. The molecule has 1 heterocycles. The lowest BCUT2D eigenvalue weighted by Gasteiger charge is -2.24. The number of rotatable bonds is 8. The van der Waals surface area contributed by atoms with Gasteiger partial charge in [0.25, 0.3) is 5.69 Å². The lowest BCUT2D eigenvalue weighted by molar-refractivity contribution is -0.384. The van der Waals surface area contributed by atoms with E-state index < -0.39 is 16.3 Å². The lowest BCUT2D eigenvalue weighted by atomic mass is 9.96. The van der Waals surface area contributed by atoms with E-state index >= 15 is 0 Å². The molecule has 3 aromatic rings. The maximum atomic E-state index is 12.1. The van der Waals surface area contributed by atoms with Crippen LogP contribution in [0.15, 0.2) is 57.7 Å². The van der Waals surface area contributed by atoms with Gasteiger partial charge < -0.3 is 14.8 Å². The van der Waals surface area contributed by atoms with Crippen LogP contribution in [0.5, 0.6) is 0 Å². The van der Waals surface area contributed by atoms with Crippen LogP contribution >= 0.6 is 0 Å². The third-order valence-electron chi connectivity index (χ3n) is 4.67. The van der Waals surface area contributed by atoms with E-state index in [1.165, 1.54) is 22.8 Å². The molecule has 9 heteroatoms. The van der Waals surface area contributed by atoms with Crippen LogP contribution in [0, 0.1) is 10.1 Å². The number of aryl methyl sites for hydroxylation is 1. The van der Waals surface area contributed by atoms with Crippen LogP contribution in [-0.2, 0) is 16.9 Å². The molecule has 2 N–H and O–H groups in total. The van der Waals surface area contributed by atoms with E-state index in [9.17, 15) is 24.8 Å². The Bertz CT molecular complexity index is 1080. The van der Waals surface area contributed by atoms with Crippen molar-refractivity contribution >= 4 is 22.7 Å². The molecule has 0 aliphatic heterocycles. The molecule has 152 valence electrons. The van der Waals surface area contributed by atoms with Crippen molar-refractivity contribution in [3.05, 3.63) is 74.8 Å². The summed E-state index contributed by atoms with van der Waals surface area (Å²) in [7, 11) is 0. The van der Waals surface area contributed by atoms with Gasteiger partial charge in [-0.15, -0.1) is 0 Å². The molecule has 29 heavy (non-hydrogen) atoms. The molecule has 0 bridgehead atoms. The Labute approximate surface area is 165 Å². The van der Waals surface area contributed by atoms with Crippen molar-refractivity contribution in [2.75, 3.05) is 6.54 Å². The van der Waals surface area contributed by atoms with Crippen LogP contribution in [0.4, 0.5) is 5.69 Å². The van der Waals surface area contributed by atoms with Gasteiger partial charge >= 0.3 is 5.76 Å². The minimum absolute atomic E-state index is 0.0636. The third kappa shape index (κ3) is 4.69. The molecular weight excluding hydrogens is 378 g/mol. The van der Waals surface area contributed by atoms with Gasteiger partial charge in [0.1, 0.15) is 5.60 Å². The molecule has 9 nitrogen and oxygen atoms in total. The Balaban J connectivity index is 1.56. The molecule has 0 aliphatic rings. The van der Waals surface area contributed by atoms with Gasteiger partial charge in [-0.25, -0.2) is 4.79 Å². The molecule has 1 amide bonds. The van der Waals surface area contributed by atoms with Crippen LogP contribution in [0.1, 0.15) is 25.3 Å². The first kappa shape index (κ1) is 20.3. The number of amides is 1. The van der Waals surface area contributed by atoms with Gasteiger partial charge in [0.2, 0.25) is 5.91 Å². The fourth-order valence-corrected chi connectivity index (χ4v) is 3.04. The van der Waals surface area contributed by atoms with Crippen molar-refractivity contribution in [3.63, 3.8) is 0 Å². The van der Waals surface area contributed by atoms with Crippen molar-refractivity contribution in [1.29, 1.82) is 0 Å². The number of carbonyl (C=O) groups is 1. The number of nitrogens with one attached hydrogen (secondary N) is 1. The van der Waals surface area contributed by atoms with Crippen LogP contribution in [0.2, 0.25) is 0 Å². The highest BCUT2D eigenvalue weighted by Gasteiger charge is 2.23. The van der Waals surface area contributed by atoms with Gasteiger partial charge in [-0.05, 0) is 25.0 Å². The van der Waals surface area contributed by atoms with Crippen LogP contribution < -0.4 is 11.1 Å². The minimum Gasteiger partial charge on any atom is -0.407 e. The molecule has 0 radical (unpaired) electrons. The molecule has 0 saturated carbocycles. The number of non-ortho nitro benzene ring substituents is 1. The van der Waals surface area contributed by atoms with Crippen LogP contribution in [0.3, 0.4) is 0 Å². The molecule has 2 aromatic carbocycles. The van der Waals surface area contributed by atoms with Crippen molar-refractivity contribution in [2.45, 2.75) is 31.9 Å². The van der Waals surface area contributed by atoms with Gasteiger partial charge in [0.15, 0.2) is 5.58 Å². The predicted octanol–water partition coefficient (Wildman–Crippen LogP) is 2.31. The van der Waals surface area contributed by atoms with Gasteiger partial charge in [0, 0.05) is 19.0 Å². The zero-order valence-corrected chi connectivity index (χ0v) is 15.8. The second-order valence-corrected chi connectivity index (χ2v) is 6.95. The number of nitro benzene ring substituents is 1. The van der Waals surface area contributed by atoms with Crippen molar-refractivity contribution < 1.29 is 19.2 Å². The maximum Gasteiger partial charge on any atom is 0.419 e. The fraction of sp³-hybridized carbons (Fsp3) is 0.300. The number of nitro groups is 1. The summed E-state index contributed by atoms with van der Waals surface area (Å²) in [5.74, 6) is -0.884. The molecule has 3 rings (SSSR count). The average Bonchev–Trinajstić information content (AvgIpc) is 3.01. The normalized spacial score (nSPS) is 13.2. The summed E-state index contributed by atoms with van der Waals surface area (Å²) in [6.07, 6.45) is 0.516. The van der Waals surface area contributed by atoms with E-state index in [0.717, 1.165) is 0 Å². The van der Waals surface area contributed by atoms with E-state index in [0.29, 0.717) is 17.5 Å². The summed E-state index contributed by atoms with van der Waals surface area (Å²) in [5, 5.41) is 24.0. The third-order valence-corrected chi connectivity index (χ3v) is 4.67. The van der Waals surface area contributed by atoms with Gasteiger partial charge in [-0.1, -0.05) is 30.3 Å². The molecule has 0 fully saturated rings. The predicted molar refractivity (Wildman–Crippen MR) is 105 cm³/mol. The number of aliphatic hydroxyl groups is 1. The van der Waals surface area contributed by atoms with Crippen molar-refractivity contribution in [1.82, 2.24) is 9.88 Å². The highest BCUT2D eigenvalue weighted by molar-refractivity contribution is 5.76. The standard InChI is InChI=1S/C20H21N3O6/c1-20(26,14-6-3-2-4-7-14)13-21-18(24)8-5-11-22-16-10-9-15(23(27)28)12-17(16)29-19(22)25/h2-4,6-7,9-10,12,26H,5,8,11,13H2,1H3,(H,21,24)/t20-/m1/s1. The molecule has 0 unspecified atom stereocenters. The molecular formula is C20H21N3O6. The zero-order chi connectivity index (χ0) is 21.0. The Kier molecular flexibility index (Phi) is 5.79. The zero-order valence-electron chi connectivity index (χ0n) is 15.8. The van der Waals surface area contributed by atoms with Crippen molar-refractivity contribution in [3.8, 4) is 0 Å². The monoisotopic (exact) mass is 399 g/mol. The molecule has 1 atom stereocenters. The van der Waals surface area contributed by atoms with Crippen LogP contribution in [-0.4, -0.2) is 27.0 Å². The second kappa shape index (κ2) is 8.27. The highest BCUT2D eigenvalue weighted by atomic mass is 16.6. The summed E-state index contributed by atoms with van der Waals surface area (Å²) < 4.78 is 6.40. The summed E-state index contributed by atoms with van der Waals surface area (Å²) in [6.45, 7) is 1.92. The van der Waals surface area contributed by atoms with E-state index in [1.807, 2.05) is 18.2 Å². The van der Waals surface area contributed by atoms with Crippen molar-refractivity contribution in [2.24, 2.45) is 0 Å². The van der Waals surface area contributed by atoms with Crippen LogP contribution in [0.25, 0.3) is 11.1 Å². The number of fused-ring (bicyclic) bond motifs is 1. The minimum atomic E-state index is -1.19. The first-order valence-corrected chi connectivity index (χ1v) is 9.10.